The molecule has 2 aliphatic rings. The van der Waals surface area contributed by atoms with E-state index in [1.54, 1.807) is 0 Å². The Bertz CT molecular complexity index is 194. The van der Waals surface area contributed by atoms with Crippen LogP contribution in [-0.2, 0) is 14.3 Å². The lowest BCUT2D eigenvalue weighted by Gasteiger charge is -2.16. The molecular formula is C9H14O4. The van der Waals surface area contributed by atoms with Crippen molar-refractivity contribution in [1.29, 1.82) is 0 Å². The maximum Gasteiger partial charge on any atom is 0.333 e. The van der Waals surface area contributed by atoms with Crippen LogP contribution in [-0.4, -0.2) is 36.5 Å². The molecule has 1 aliphatic carbocycles. The summed E-state index contributed by atoms with van der Waals surface area (Å²) < 4.78 is 10.6. The maximum atomic E-state index is 10.8. The molecule has 0 aromatic carbocycles. The van der Waals surface area contributed by atoms with E-state index in [-0.39, 0.29) is 12.0 Å². The number of ether oxygens (including phenoxy) is 2. The topological polar surface area (TPSA) is 55.8 Å². The van der Waals surface area contributed by atoms with E-state index < -0.39 is 12.1 Å². The van der Waals surface area contributed by atoms with E-state index >= 15 is 0 Å². The second kappa shape index (κ2) is 3.64. The Morgan fingerprint density at radius 1 is 1.46 bits per heavy atom. The fourth-order valence-electron chi connectivity index (χ4n) is 1.60. The van der Waals surface area contributed by atoms with E-state index in [0.29, 0.717) is 13.2 Å². The Labute approximate surface area is 76.8 Å². The summed E-state index contributed by atoms with van der Waals surface area (Å²) >= 11 is 0. The summed E-state index contributed by atoms with van der Waals surface area (Å²) in [5, 5.41) is 8.88. The predicted octanol–water partition coefficient (Wildman–Crippen LogP) is 0.655. The normalized spacial score (nSPS) is 30.3. The van der Waals surface area contributed by atoms with E-state index in [1.165, 1.54) is 0 Å². The Morgan fingerprint density at radius 3 is 2.69 bits per heavy atom. The number of rotatable bonds is 4. The molecule has 0 radical (unpaired) electrons. The highest BCUT2D eigenvalue weighted by Gasteiger charge is 2.39. The highest BCUT2D eigenvalue weighted by Crippen LogP contribution is 2.35. The van der Waals surface area contributed by atoms with Crippen LogP contribution >= 0.6 is 0 Å². The molecule has 74 valence electrons. The number of hydrogen-bond donors (Lipinski definition) is 1. The van der Waals surface area contributed by atoms with Crippen LogP contribution in [0.3, 0.4) is 0 Å². The van der Waals surface area contributed by atoms with Crippen molar-refractivity contribution >= 4 is 5.97 Å². The zero-order valence-corrected chi connectivity index (χ0v) is 7.44. The van der Waals surface area contributed by atoms with Crippen molar-refractivity contribution in [2.24, 2.45) is 5.92 Å². The maximum absolute atomic E-state index is 10.8. The third-order valence-electron chi connectivity index (χ3n) is 2.52. The fourth-order valence-corrected chi connectivity index (χ4v) is 1.60. The number of hydrogen-bond acceptors (Lipinski definition) is 3. The molecule has 1 saturated carbocycles. The molecule has 1 saturated heterocycles. The van der Waals surface area contributed by atoms with Crippen molar-refractivity contribution in [2.75, 3.05) is 13.2 Å². The van der Waals surface area contributed by atoms with E-state index in [4.69, 9.17) is 14.6 Å². The molecule has 2 atom stereocenters. The van der Waals surface area contributed by atoms with Crippen LogP contribution in [0.1, 0.15) is 19.3 Å². The van der Waals surface area contributed by atoms with Gasteiger partial charge in [0.15, 0.2) is 6.10 Å². The molecule has 2 rings (SSSR count). The van der Waals surface area contributed by atoms with Gasteiger partial charge in [-0.1, -0.05) is 0 Å². The van der Waals surface area contributed by atoms with Gasteiger partial charge < -0.3 is 14.6 Å². The lowest BCUT2D eigenvalue weighted by molar-refractivity contribution is -0.156. The Morgan fingerprint density at radius 2 is 2.23 bits per heavy atom. The first kappa shape index (κ1) is 8.97. The van der Waals surface area contributed by atoms with Gasteiger partial charge in [0.2, 0.25) is 0 Å². The molecule has 0 spiro atoms. The Hall–Kier alpha value is -0.610. The third-order valence-corrected chi connectivity index (χ3v) is 2.52. The van der Waals surface area contributed by atoms with Gasteiger partial charge in [-0.25, -0.2) is 4.79 Å². The second-order valence-electron chi connectivity index (χ2n) is 3.72. The van der Waals surface area contributed by atoms with Crippen molar-refractivity contribution in [1.82, 2.24) is 0 Å². The molecular weight excluding hydrogens is 172 g/mol. The zero-order chi connectivity index (χ0) is 9.26. The molecule has 1 N–H and O–H groups in total. The van der Waals surface area contributed by atoms with Crippen molar-refractivity contribution < 1.29 is 19.4 Å². The van der Waals surface area contributed by atoms with Gasteiger partial charge in [0.25, 0.3) is 0 Å². The Balaban J connectivity index is 1.84. The summed E-state index contributed by atoms with van der Waals surface area (Å²) in [4.78, 5) is 10.8. The van der Waals surface area contributed by atoms with Gasteiger partial charge in [0.05, 0.1) is 12.7 Å². The first-order chi connectivity index (χ1) is 6.27. The lowest BCUT2D eigenvalue weighted by atomic mass is 10.2. The van der Waals surface area contributed by atoms with Crippen molar-refractivity contribution in [2.45, 2.75) is 31.5 Å². The van der Waals surface area contributed by atoms with Gasteiger partial charge in [0.1, 0.15) is 0 Å². The van der Waals surface area contributed by atoms with Crippen LogP contribution < -0.4 is 0 Å². The third kappa shape index (κ3) is 2.19. The van der Waals surface area contributed by atoms with Crippen molar-refractivity contribution in [3.63, 3.8) is 0 Å². The van der Waals surface area contributed by atoms with Gasteiger partial charge in [0, 0.05) is 6.61 Å². The summed E-state index contributed by atoms with van der Waals surface area (Å²) in [5.41, 5.74) is 0. The molecule has 4 nitrogen and oxygen atoms in total. The first-order valence-corrected chi connectivity index (χ1v) is 4.73. The van der Waals surface area contributed by atoms with Gasteiger partial charge in [-0.05, 0) is 25.2 Å². The molecule has 0 aromatic rings. The molecule has 1 heterocycles. The van der Waals surface area contributed by atoms with E-state index in [0.717, 1.165) is 19.3 Å². The van der Waals surface area contributed by atoms with Gasteiger partial charge in [-0.15, -0.1) is 0 Å². The molecule has 0 amide bonds. The molecule has 2 fully saturated rings. The molecule has 0 aromatic heterocycles. The van der Waals surface area contributed by atoms with Crippen molar-refractivity contribution in [3.05, 3.63) is 0 Å². The minimum atomic E-state index is -0.825. The smallest absolute Gasteiger partial charge is 0.333 e. The zero-order valence-electron chi connectivity index (χ0n) is 7.44. The Kier molecular flexibility index (Phi) is 2.51. The average molecular weight is 186 g/mol. The standard InChI is InChI=1S/C9H14O4/c10-9(11)8(6-1-2-6)13-7-3-4-12-5-7/h6-8H,1-5H2,(H,10,11). The monoisotopic (exact) mass is 186 g/mol. The summed E-state index contributed by atoms with van der Waals surface area (Å²) in [6.45, 7) is 1.25. The number of carboxylic acids is 1. The molecule has 0 bridgehead atoms. The van der Waals surface area contributed by atoms with Crippen LogP contribution in [0.25, 0.3) is 0 Å². The van der Waals surface area contributed by atoms with Gasteiger partial charge >= 0.3 is 5.97 Å². The number of carboxylic acid groups (broad SMARTS) is 1. The lowest BCUT2D eigenvalue weighted by Crippen LogP contribution is -2.31. The van der Waals surface area contributed by atoms with Crippen LogP contribution in [0.2, 0.25) is 0 Å². The molecule has 2 unspecified atom stereocenters. The summed E-state index contributed by atoms with van der Waals surface area (Å²) in [6.07, 6.45) is 2.22. The minimum absolute atomic E-state index is 0.00157. The molecule has 13 heavy (non-hydrogen) atoms. The van der Waals surface area contributed by atoms with Crippen LogP contribution in [0, 0.1) is 5.92 Å². The van der Waals surface area contributed by atoms with E-state index in [1.807, 2.05) is 0 Å². The van der Waals surface area contributed by atoms with Crippen molar-refractivity contribution in [3.8, 4) is 0 Å². The summed E-state index contributed by atoms with van der Waals surface area (Å²) in [6, 6.07) is 0. The van der Waals surface area contributed by atoms with Crippen LogP contribution in [0.5, 0.6) is 0 Å². The quantitative estimate of drug-likeness (QED) is 0.700. The fraction of sp³-hybridized carbons (Fsp3) is 0.889. The largest absolute Gasteiger partial charge is 0.479 e. The number of carbonyl (C=O) groups is 1. The summed E-state index contributed by atoms with van der Waals surface area (Å²) in [5.74, 6) is -0.576. The van der Waals surface area contributed by atoms with E-state index in [2.05, 4.69) is 0 Å². The van der Waals surface area contributed by atoms with E-state index in [9.17, 15) is 4.79 Å². The minimum Gasteiger partial charge on any atom is -0.479 e. The van der Waals surface area contributed by atoms with Gasteiger partial charge in [-0.2, -0.15) is 0 Å². The molecule has 4 heteroatoms. The van der Waals surface area contributed by atoms with Crippen LogP contribution in [0.4, 0.5) is 0 Å². The van der Waals surface area contributed by atoms with Gasteiger partial charge in [-0.3, -0.25) is 0 Å². The summed E-state index contributed by atoms with van der Waals surface area (Å²) in [7, 11) is 0. The highest BCUT2D eigenvalue weighted by atomic mass is 16.6. The highest BCUT2D eigenvalue weighted by molar-refractivity contribution is 5.73. The number of aliphatic carboxylic acids is 1. The van der Waals surface area contributed by atoms with Crippen LogP contribution in [0.15, 0.2) is 0 Å². The second-order valence-corrected chi connectivity index (χ2v) is 3.72. The SMILES string of the molecule is O=C(O)C(OC1CCOC1)C1CC1. The molecule has 1 aliphatic heterocycles. The predicted molar refractivity (Wildman–Crippen MR) is 44.5 cm³/mol. The average Bonchev–Trinajstić information content (AvgIpc) is 2.79. The first-order valence-electron chi connectivity index (χ1n) is 4.73.